The molecular weight excluding hydrogens is 310 g/mol. The van der Waals surface area contributed by atoms with Gasteiger partial charge in [-0.2, -0.15) is 0 Å². The van der Waals surface area contributed by atoms with Crippen LogP contribution >= 0.6 is 11.3 Å². The molecule has 6 heteroatoms. The Morgan fingerprint density at radius 1 is 1.17 bits per heavy atom. The predicted molar refractivity (Wildman–Crippen MR) is 92.2 cm³/mol. The van der Waals surface area contributed by atoms with Crippen molar-refractivity contribution in [2.75, 3.05) is 12.4 Å². The Bertz CT molecular complexity index is 860. The first-order valence-corrected chi connectivity index (χ1v) is 8.07. The Balaban J connectivity index is 1.82. The van der Waals surface area contributed by atoms with Gasteiger partial charge < -0.3 is 10.1 Å². The summed E-state index contributed by atoms with van der Waals surface area (Å²) in [5.74, 6) is 0.461. The molecule has 5 nitrogen and oxygen atoms in total. The average Bonchev–Trinajstić information content (AvgIpc) is 2.97. The number of benzene rings is 2. The van der Waals surface area contributed by atoms with Crippen molar-refractivity contribution in [2.24, 2.45) is 0 Å². The Kier molecular flexibility index (Phi) is 4.25. The number of rotatable bonds is 4. The van der Waals surface area contributed by atoms with Gasteiger partial charge in [-0.3, -0.25) is 4.79 Å². The molecule has 3 aromatic rings. The van der Waals surface area contributed by atoms with Gasteiger partial charge in [0.1, 0.15) is 10.8 Å². The van der Waals surface area contributed by atoms with Crippen molar-refractivity contribution in [3.63, 3.8) is 0 Å². The average molecular weight is 327 g/mol. The van der Waals surface area contributed by atoms with E-state index in [4.69, 9.17) is 4.74 Å². The van der Waals surface area contributed by atoms with Crippen molar-refractivity contribution in [2.45, 2.75) is 19.8 Å². The van der Waals surface area contributed by atoms with E-state index in [-0.39, 0.29) is 11.8 Å². The van der Waals surface area contributed by atoms with Crippen LogP contribution in [0, 0.1) is 6.92 Å². The Labute approximate surface area is 138 Å². The number of nitrogens with zero attached hydrogens (tertiary/aromatic N) is 2. The lowest BCUT2D eigenvalue weighted by Crippen LogP contribution is -2.18. The summed E-state index contributed by atoms with van der Waals surface area (Å²) in [4.78, 5) is 12.4. The summed E-state index contributed by atoms with van der Waals surface area (Å²) in [6.07, 6.45) is 0. The molecule has 118 valence electrons. The zero-order valence-corrected chi connectivity index (χ0v) is 14.0. The number of ether oxygens (including phenoxy) is 1. The van der Waals surface area contributed by atoms with E-state index in [2.05, 4.69) is 15.5 Å². The standard InChI is InChI=1S/C17H17N3O2S/c1-10(16(21)18-17-20-19-11(2)23-17)12-4-5-14-9-15(22-3)7-6-13(14)8-12/h4-10H,1-3H3,(H,18,20,21)/t10-/m0/s1. The molecule has 0 spiro atoms. The van der Waals surface area contributed by atoms with Crippen molar-refractivity contribution in [1.82, 2.24) is 10.2 Å². The minimum atomic E-state index is -0.272. The van der Waals surface area contributed by atoms with E-state index in [9.17, 15) is 4.79 Å². The Morgan fingerprint density at radius 2 is 1.91 bits per heavy atom. The van der Waals surface area contributed by atoms with Gasteiger partial charge in [0.25, 0.3) is 0 Å². The van der Waals surface area contributed by atoms with E-state index in [0.717, 1.165) is 27.1 Å². The minimum Gasteiger partial charge on any atom is -0.497 e. The molecule has 0 saturated carbocycles. The highest BCUT2D eigenvalue weighted by Gasteiger charge is 2.17. The zero-order chi connectivity index (χ0) is 16.4. The number of fused-ring (bicyclic) bond motifs is 1. The van der Waals surface area contributed by atoms with Gasteiger partial charge in [-0.15, -0.1) is 10.2 Å². The number of nitrogens with one attached hydrogen (secondary N) is 1. The molecular formula is C17H17N3O2S. The third-order valence-electron chi connectivity index (χ3n) is 3.72. The van der Waals surface area contributed by atoms with Gasteiger partial charge in [0.15, 0.2) is 0 Å². The lowest BCUT2D eigenvalue weighted by molar-refractivity contribution is -0.117. The number of carbonyl (C=O) groups excluding carboxylic acids is 1. The summed E-state index contributed by atoms with van der Waals surface area (Å²) >= 11 is 1.37. The maximum absolute atomic E-state index is 12.4. The van der Waals surface area contributed by atoms with Crippen LogP contribution in [-0.2, 0) is 4.79 Å². The molecule has 1 atom stereocenters. The van der Waals surface area contributed by atoms with Crippen LogP contribution in [0.2, 0.25) is 0 Å². The van der Waals surface area contributed by atoms with Crippen molar-refractivity contribution >= 4 is 33.1 Å². The van der Waals surface area contributed by atoms with E-state index in [0.29, 0.717) is 5.13 Å². The minimum absolute atomic E-state index is 0.0889. The number of aryl methyl sites for hydroxylation is 1. The first-order valence-electron chi connectivity index (χ1n) is 7.25. The molecule has 0 aliphatic heterocycles. The summed E-state index contributed by atoms with van der Waals surface area (Å²) in [7, 11) is 1.65. The van der Waals surface area contributed by atoms with Gasteiger partial charge in [0.05, 0.1) is 13.0 Å². The fraction of sp³-hybridized carbons (Fsp3) is 0.235. The summed E-state index contributed by atoms with van der Waals surface area (Å²) in [5.41, 5.74) is 0.960. The van der Waals surface area contributed by atoms with Crippen LogP contribution < -0.4 is 10.1 Å². The normalized spacial score (nSPS) is 12.1. The number of carbonyl (C=O) groups is 1. The SMILES string of the molecule is COc1ccc2cc([C@H](C)C(=O)Nc3nnc(C)s3)ccc2c1. The smallest absolute Gasteiger partial charge is 0.233 e. The molecule has 0 bridgehead atoms. The molecule has 0 radical (unpaired) electrons. The van der Waals surface area contributed by atoms with Gasteiger partial charge in [-0.25, -0.2) is 0 Å². The van der Waals surface area contributed by atoms with Gasteiger partial charge in [0.2, 0.25) is 11.0 Å². The van der Waals surface area contributed by atoms with E-state index in [1.54, 1.807) is 7.11 Å². The molecule has 1 aromatic heterocycles. The maximum atomic E-state index is 12.4. The molecule has 1 heterocycles. The monoisotopic (exact) mass is 327 g/mol. The van der Waals surface area contributed by atoms with Gasteiger partial charge in [-0.05, 0) is 42.3 Å². The van der Waals surface area contributed by atoms with Crippen LogP contribution in [0.3, 0.4) is 0 Å². The molecule has 0 fully saturated rings. The van der Waals surface area contributed by atoms with Crippen molar-refractivity contribution in [3.05, 3.63) is 47.0 Å². The third kappa shape index (κ3) is 3.32. The molecule has 0 aliphatic carbocycles. The largest absolute Gasteiger partial charge is 0.497 e. The Morgan fingerprint density at radius 3 is 2.61 bits per heavy atom. The van der Waals surface area contributed by atoms with Gasteiger partial charge in [0, 0.05) is 0 Å². The maximum Gasteiger partial charge on any atom is 0.233 e. The highest BCUT2D eigenvalue weighted by molar-refractivity contribution is 7.15. The summed E-state index contributed by atoms with van der Waals surface area (Å²) in [5, 5.41) is 14.2. The number of amides is 1. The molecule has 3 rings (SSSR count). The van der Waals surface area contributed by atoms with Crippen molar-refractivity contribution in [3.8, 4) is 5.75 Å². The highest BCUT2D eigenvalue weighted by atomic mass is 32.1. The quantitative estimate of drug-likeness (QED) is 0.792. The second-order valence-electron chi connectivity index (χ2n) is 5.31. The topological polar surface area (TPSA) is 64.1 Å². The molecule has 0 unspecified atom stereocenters. The first-order chi connectivity index (χ1) is 11.1. The molecule has 23 heavy (non-hydrogen) atoms. The van der Waals surface area contributed by atoms with Crippen LogP contribution in [0.5, 0.6) is 5.75 Å². The molecule has 1 N–H and O–H groups in total. The summed E-state index contributed by atoms with van der Waals surface area (Å²) in [6.45, 7) is 3.74. The summed E-state index contributed by atoms with van der Waals surface area (Å²) < 4.78 is 5.23. The first kappa shape index (κ1) is 15.4. The lowest BCUT2D eigenvalue weighted by Gasteiger charge is -2.12. The number of methoxy groups -OCH3 is 1. The summed E-state index contributed by atoms with van der Waals surface area (Å²) in [6, 6.07) is 11.9. The van der Waals surface area contributed by atoms with E-state index in [1.807, 2.05) is 50.2 Å². The molecule has 0 saturated heterocycles. The van der Waals surface area contributed by atoms with Gasteiger partial charge >= 0.3 is 0 Å². The third-order valence-corrected chi connectivity index (χ3v) is 4.48. The van der Waals surface area contributed by atoms with Crippen LogP contribution in [-0.4, -0.2) is 23.2 Å². The molecule has 0 aliphatic rings. The van der Waals surface area contributed by atoms with Crippen LogP contribution in [0.15, 0.2) is 36.4 Å². The highest BCUT2D eigenvalue weighted by Crippen LogP contribution is 2.26. The Hall–Kier alpha value is -2.47. The van der Waals surface area contributed by atoms with E-state index < -0.39 is 0 Å². The number of hydrogen-bond acceptors (Lipinski definition) is 5. The zero-order valence-electron chi connectivity index (χ0n) is 13.2. The molecule has 1 amide bonds. The second-order valence-corrected chi connectivity index (χ2v) is 6.49. The van der Waals surface area contributed by atoms with Gasteiger partial charge in [-0.1, -0.05) is 35.6 Å². The predicted octanol–water partition coefficient (Wildman–Crippen LogP) is 3.75. The van der Waals surface area contributed by atoms with Crippen molar-refractivity contribution in [1.29, 1.82) is 0 Å². The second kappa shape index (κ2) is 6.34. The van der Waals surface area contributed by atoms with Crippen molar-refractivity contribution < 1.29 is 9.53 Å². The van der Waals surface area contributed by atoms with Crippen LogP contribution in [0.25, 0.3) is 10.8 Å². The lowest BCUT2D eigenvalue weighted by atomic mass is 9.97. The van der Waals surface area contributed by atoms with E-state index in [1.165, 1.54) is 11.3 Å². The number of aromatic nitrogens is 2. The molecule has 2 aromatic carbocycles. The van der Waals surface area contributed by atoms with Crippen LogP contribution in [0.4, 0.5) is 5.13 Å². The van der Waals surface area contributed by atoms with E-state index >= 15 is 0 Å². The number of hydrogen-bond donors (Lipinski definition) is 1. The number of anilines is 1. The van der Waals surface area contributed by atoms with Crippen LogP contribution in [0.1, 0.15) is 23.4 Å². The fourth-order valence-electron chi connectivity index (χ4n) is 2.35. The fourth-order valence-corrected chi connectivity index (χ4v) is 2.95.